The molecule has 6 aromatic rings. The third-order valence-corrected chi connectivity index (χ3v) is 6.23. The number of anilines is 1. The summed E-state index contributed by atoms with van der Waals surface area (Å²) in [5, 5.41) is 11.9. The topological polar surface area (TPSA) is 95.2 Å². The molecular formula is C29H24FN7. The molecule has 0 radical (unpaired) electrons. The summed E-state index contributed by atoms with van der Waals surface area (Å²) in [7, 11) is 0. The van der Waals surface area contributed by atoms with E-state index >= 15 is 0 Å². The molecule has 0 saturated heterocycles. The number of aromatic nitrogens is 6. The summed E-state index contributed by atoms with van der Waals surface area (Å²) in [6.45, 7) is 6.21. The van der Waals surface area contributed by atoms with E-state index in [-0.39, 0.29) is 5.82 Å². The quantitative estimate of drug-likeness (QED) is 0.222. The van der Waals surface area contributed by atoms with Crippen molar-refractivity contribution in [3.8, 4) is 33.9 Å². The van der Waals surface area contributed by atoms with E-state index in [1.165, 1.54) is 12.1 Å². The van der Waals surface area contributed by atoms with Crippen LogP contribution in [0.2, 0.25) is 0 Å². The average Bonchev–Trinajstić information content (AvgIpc) is 3.52. The molecule has 0 aliphatic carbocycles. The maximum atomic E-state index is 13.9. The molecular weight excluding hydrogens is 465 g/mol. The van der Waals surface area contributed by atoms with Gasteiger partial charge < -0.3 is 10.3 Å². The molecule has 0 atom stereocenters. The zero-order valence-corrected chi connectivity index (χ0v) is 20.2. The molecule has 0 unspecified atom stereocenters. The van der Waals surface area contributed by atoms with Gasteiger partial charge in [-0.1, -0.05) is 38.1 Å². The number of hydrogen-bond acceptors (Lipinski definition) is 5. The summed E-state index contributed by atoms with van der Waals surface area (Å²) in [4.78, 5) is 17.1. The molecule has 4 heterocycles. The molecule has 2 aromatic carbocycles. The lowest BCUT2D eigenvalue weighted by Gasteiger charge is -2.10. The number of aromatic amines is 2. The highest BCUT2D eigenvalue weighted by atomic mass is 19.1. The molecule has 0 aliphatic rings. The fourth-order valence-electron chi connectivity index (χ4n) is 4.50. The van der Waals surface area contributed by atoms with E-state index < -0.39 is 0 Å². The number of pyridine rings is 2. The van der Waals surface area contributed by atoms with E-state index in [1.54, 1.807) is 18.5 Å². The molecule has 7 nitrogen and oxygen atoms in total. The first kappa shape index (κ1) is 22.6. The van der Waals surface area contributed by atoms with Gasteiger partial charge in [-0.25, -0.2) is 9.37 Å². The minimum atomic E-state index is -0.318. The first-order valence-electron chi connectivity index (χ1n) is 12.1. The van der Waals surface area contributed by atoms with Gasteiger partial charge in [-0.2, -0.15) is 5.10 Å². The Kier molecular flexibility index (Phi) is 5.69. The summed E-state index contributed by atoms with van der Waals surface area (Å²) in [6, 6.07) is 16.4. The fraction of sp³-hybridized carbons (Fsp3) is 0.103. The van der Waals surface area contributed by atoms with Gasteiger partial charge in [-0.05, 0) is 48.4 Å². The Morgan fingerprint density at radius 1 is 0.973 bits per heavy atom. The van der Waals surface area contributed by atoms with E-state index in [1.807, 2.05) is 30.5 Å². The Balaban J connectivity index is 1.40. The smallest absolute Gasteiger partial charge is 0.159 e. The van der Waals surface area contributed by atoms with Gasteiger partial charge in [-0.15, -0.1) is 0 Å². The van der Waals surface area contributed by atoms with Crippen molar-refractivity contribution < 1.29 is 4.39 Å². The first-order valence-corrected chi connectivity index (χ1v) is 12.1. The molecule has 3 N–H and O–H groups in total. The number of benzene rings is 2. The standard InChI is InChI=1S/C29H24FN7/c1-3-5-17(2)33-22-13-20(15-31-16-22)18-8-9-24-23(14-18)27(37-36-24)29-34-25-10-11-32-26(28(25)35-29)19-6-4-7-21(30)12-19/h4,6-16,33H,2-3,5H2,1H3,(H,34,35)(H,36,37). The SMILES string of the molecule is C=C(CCC)Nc1cncc(-c2ccc3[nH]nc(-c4nc5c(-c6cccc(F)c6)nccc5[nH]4)c3c2)c1. The van der Waals surface area contributed by atoms with Crippen molar-refractivity contribution in [2.45, 2.75) is 19.8 Å². The Morgan fingerprint density at radius 2 is 1.89 bits per heavy atom. The second kappa shape index (κ2) is 9.31. The van der Waals surface area contributed by atoms with Gasteiger partial charge in [0.05, 0.1) is 28.6 Å². The lowest BCUT2D eigenvalue weighted by Crippen LogP contribution is -1.98. The van der Waals surface area contributed by atoms with Crippen LogP contribution >= 0.6 is 0 Å². The van der Waals surface area contributed by atoms with Crippen LogP contribution in [-0.2, 0) is 0 Å². The molecule has 0 aliphatic heterocycles. The van der Waals surface area contributed by atoms with Crippen molar-refractivity contribution in [1.29, 1.82) is 0 Å². The number of allylic oxidation sites excluding steroid dienone is 1. The van der Waals surface area contributed by atoms with Crippen molar-refractivity contribution in [2.24, 2.45) is 0 Å². The zero-order chi connectivity index (χ0) is 25.4. The molecule has 182 valence electrons. The van der Waals surface area contributed by atoms with Crippen LogP contribution in [0.5, 0.6) is 0 Å². The van der Waals surface area contributed by atoms with Crippen molar-refractivity contribution in [1.82, 2.24) is 30.1 Å². The number of fused-ring (bicyclic) bond motifs is 2. The monoisotopic (exact) mass is 489 g/mol. The fourth-order valence-corrected chi connectivity index (χ4v) is 4.50. The maximum absolute atomic E-state index is 13.9. The van der Waals surface area contributed by atoms with Crippen LogP contribution in [0.25, 0.3) is 55.8 Å². The van der Waals surface area contributed by atoms with Crippen LogP contribution in [0.3, 0.4) is 0 Å². The van der Waals surface area contributed by atoms with E-state index in [2.05, 4.69) is 56.1 Å². The molecule has 4 aromatic heterocycles. The normalized spacial score (nSPS) is 11.3. The van der Waals surface area contributed by atoms with Gasteiger partial charge in [0.15, 0.2) is 5.82 Å². The van der Waals surface area contributed by atoms with Gasteiger partial charge >= 0.3 is 0 Å². The highest BCUT2D eigenvalue weighted by Gasteiger charge is 2.17. The Labute approximate surface area is 212 Å². The maximum Gasteiger partial charge on any atom is 0.159 e. The van der Waals surface area contributed by atoms with Crippen LogP contribution < -0.4 is 5.32 Å². The predicted molar refractivity (Wildman–Crippen MR) is 145 cm³/mol. The second-order valence-electron chi connectivity index (χ2n) is 8.92. The number of imidazole rings is 1. The third kappa shape index (κ3) is 4.33. The van der Waals surface area contributed by atoms with Crippen LogP contribution in [0.15, 0.2) is 85.5 Å². The third-order valence-electron chi connectivity index (χ3n) is 6.23. The van der Waals surface area contributed by atoms with E-state index in [0.717, 1.165) is 51.8 Å². The summed E-state index contributed by atoms with van der Waals surface area (Å²) in [6.07, 6.45) is 7.26. The van der Waals surface area contributed by atoms with Crippen LogP contribution in [0, 0.1) is 5.82 Å². The van der Waals surface area contributed by atoms with Crippen molar-refractivity contribution in [3.05, 3.63) is 91.3 Å². The van der Waals surface area contributed by atoms with Crippen molar-refractivity contribution in [2.75, 3.05) is 5.32 Å². The van der Waals surface area contributed by atoms with Gasteiger partial charge in [-0.3, -0.25) is 15.1 Å². The molecule has 0 spiro atoms. The minimum absolute atomic E-state index is 0.318. The van der Waals surface area contributed by atoms with E-state index in [0.29, 0.717) is 28.3 Å². The molecule has 6 rings (SSSR count). The summed E-state index contributed by atoms with van der Waals surface area (Å²) in [5.41, 5.74) is 8.16. The number of nitrogens with zero attached hydrogens (tertiary/aromatic N) is 4. The molecule has 0 amide bonds. The predicted octanol–water partition coefficient (Wildman–Crippen LogP) is 7.10. The number of halogens is 1. The molecule has 0 fully saturated rings. The van der Waals surface area contributed by atoms with E-state index in [4.69, 9.17) is 4.98 Å². The first-order chi connectivity index (χ1) is 18.1. The second-order valence-corrected chi connectivity index (χ2v) is 8.92. The molecule has 37 heavy (non-hydrogen) atoms. The van der Waals surface area contributed by atoms with Crippen molar-refractivity contribution in [3.63, 3.8) is 0 Å². The largest absolute Gasteiger partial charge is 0.358 e. The molecule has 8 heteroatoms. The molecule has 0 saturated carbocycles. The number of nitrogens with one attached hydrogen (secondary N) is 3. The lowest BCUT2D eigenvalue weighted by molar-refractivity contribution is 0.628. The molecule has 0 bridgehead atoms. The highest BCUT2D eigenvalue weighted by Crippen LogP contribution is 2.33. The van der Waals surface area contributed by atoms with Crippen LogP contribution in [0.1, 0.15) is 19.8 Å². The lowest BCUT2D eigenvalue weighted by atomic mass is 10.0. The van der Waals surface area contributed by atoms with E-state index in [9.17, 15) is 4.39 Å². The highest BCUT2D eigenvalue weighted by molar-refractivity contribution is 5.97. The zero-order valence-electron chi connectivity index (χ0n) is 20.2. The Bertz CT molecular complexity index is 1770. The average molecular weight is 490 g/mol. The summed E-state index contributed by atoms with van der Waals surface area (Å²) >= 11 is 0. The van der Waals surface area contributed by atoms with Crippen molar-refractivity contribution >= 4 is 27.6 Å². The number of hydrogen-bond donors (Lipinski definition) is 3. The number of rotatable bonds is 7. The van der Waals surface area contributed by atoms with Gasteiger partial charge in [0.25, 0.3) is 0 Å². The van der Waals surface area contributed by atoms with Crippen LogP contribution in [0.4, 0.5) is 10.1 Å². The Morgan fingerprint density at radius 3 is 2.76 bits per heavy atom. The Hall–Kier alpha value is -4.85. The number of H-pyrrole nitrogens is 2. The van der Waals surface area contributed by atoms with Gasteiger partial charge in [0.1, 0.15) is 17.0 Å². The minimum Gasteiger partial charge on any atom is -0.358 e. The van der Waals surface area contributed by atoms with Crippen LogP contribution in [-0.4, -0.2) is 30.1 Å². The van der Waals surface area contributed by atoms with Gasteiger partial charge in [0, 0.05) is 34.6 Å². The van der Waals surface area contributed by atoms with Gasteiger partial charge in [0.2, 0.25) is 0 Å². The summed E-state index contributed by atoms with van der Waals surface area (Å²) < 4.78 is 13.9. The summed E-state index contributed by atoms with van der Waals surface area (Å²) in [5.74, 6) is 0.287.